The number of halogens is 1. The van der Waals surface area contributed by atoms with Crippen LogP contribution in [0.4, 0.5) is 10.5 Å². The Morgan fingerprint density at radius 1 is 1.26 bits per heavy atom. The van der Waals surface area contributed by atoms with E-state index in [1.807, 2.05) is 19.1 Å². The molecule has 3 atom stereocenters. The molecule has 1 unspecified atom stereocenters. The van der Waals surface area contributed by atoms with E-state index >= 15 is 0 Å². The Bertz CT molecular complexity index is 535. The molecule has 1 aromatic carbocycles. The van der Waals surface area contributed by atoms with Crippen molar-refractivity contribution in [2.24, 2.45) is 17.4 Å². The van der Waals surface area contributed by atoms with E-state index in [0.29, 0.717) is 18.0 Å². The number of amides is 3. The second-order valence-corrected chi connectivity index (χ2v) is 5.96. The summed E-state index contributed by atoms with van der Waals surface area (Å²) in [5.74, 6) is 0.337. The number of hydrogen-bond acceptors (Lipinski definition) is 3. The first-order chi connectivity index (χ1) is 10.5. The normalized spacial score (nSPS) is 21.1. The van der Waals surface area contributed by atoms with Crippen LogP contribution in [-0.2, 0) is 4.79 Å². The van der Waals surface area contributed by atoms with Crippen molar-refractivity contribution in [3.8, 4) is 0 Å². The van der Waals surface area contributed by atoms with Crippen LogP contribution >= 0.6 is 12.4 Å². The number of primary amides is 1. The van der Waals surface area contributed by atoms with Gasteiger partial charge in [-0.05, 0) is 43.4 Å². The molecule has 7 heteroatoms. The lowest BCUT2D eigenvalue weighted by molar-refractivity contribution is -0.122. The molecule has 0 bridgehead atoms. The maximum Gasteiger partial charge on any atom is 0.316 e. The highest BCUT2D eigenvalue weighted by atomic mass is 35.5. The highest BCUT2D eigenvalue weighted by Gasteiger charge is 2.26. The molecule has 6 N–H and O–H groups in total. The average molecular weight is 341 g/mol. The van der Waals surface area contributed by atoms with Gasteiger partial charge in [-0.2, -0.15) is 0 Å². The molecule has 3 amide bonds. The fraction of sp³-hybridized carbons (Fsp3) is 0.500. The van der Waals surface area contributed by atoms with Gasteiger partial charge in [0.25, 0.3) is 0 Å². The number of carbonyl (C=O) groups excluding carboxylic acids is 2. The van der Waals surface area contributed by atoms with Gasteiger partial charge in [-0.25, -0.2) is 4.79 Å². The SMILES string of the molecule is CC(NC(=O)C[C@@H]1CCC[C@H]1N)c1ccc(NC(N)=O)cc1.Cl. The maximum absolute atomic E-state index is 12.1. The molecule has 1 aliphatic rings. The zero-order chi connectivity index (χ0) is 16.1. The zero-order valence-corrected chi connectivity index (χ0v) is 14.1. The van der Waals surface area contributed by atoms with Gasteiger partial charge in [0.05, 0.1) is 6.04 Å². The van der Waals surface area contributed by atoms with Crippen molar-refractivity contribution in [3.05, 3.63) is 29.8 Å². The van der Waals surface area contributed by atoms with Crippen LogP contribution in [0.25, 0.3) is 0 Å². The quantitative estimate of drug-likeness (QED) is 0.660. The largest absolute Gasteiger partial charge is 0.351 e. The van der Waals surface area contributed by atoms with Gasteiger partial charge in [-0.15, -0.1) is 12.4 Å². The van der Waals surface area contributed by atoms with Crippen molar-refractivity contribution in [3.63, 3.8) is 0 Å². The summed E-state index contributed by atoms with van der Waals surface area (Å²) >= 11 is 0. The van der Waals surface area contributed by atoms with E-state index in [1.165, 1.54) is 0 Å². The van der Waals surface area contributed by atoms with E-state index in [1.54, 1.807) is 12.1 Å². The summed E-state index contributed by atoms with van der Waals surface area (Å²) in [6, 6.07) is 6.70. The van der Waals surface area contributed by atoms with Crippen molar-refractivity contribution in [1.29, 1.82) is 0 Å². The van der Waals surface area contributed by atoms with Crippen LogP contribution < -0.4 is 22.1 Å². The fourth-order valence-corrected chi connectivity index (χ4v) is 2.94. The van der Waals surface area contributed by atoms with Crippen molar-refractivity contribution in [1.82, 2.24) is 5.32 Å². The van der Waals surface area contributed by atoms with Crippen LogP contribution in [0.1, 0.15) is 44.2 Å². The lowest BCUT2D eigenvalue weighted by Crippen LogP contribution is -2.32. The van der Waals surface area contributed by atoms with Gasteiger partial charge in [-0.1, -0.05) is 18.6 Å². The Morgan fingerprint density at radius 2 is 1.91 bits per heavy atom. The number of rotatable bonds is 5. The second-order valence-electron chi connectivity index (χ2n) is 5.96. The summed E-state index contributed by atoms with van der Waals surface area (Å²) in [5.41, 5.74) is 12.7. The number of benzene rings is 1. The summed E-state index contributed by atoms with van der Waals surface area (Å²) in [4.78, 5) is 22.9. The van der Waals surface area contributed by atoms with Crippen LogP contribution in [0.5, 0.6) is 0 Å². The Balaban J connectivity index is 0.00000264. The molecule has 2 rings (SSSR count). The molecular formula is C16H25ClN4O2. The molecule has 0 saturated heterocycles. The highest BCUT2D eigenvalue weighted by molar-refractivity contribution is 5.87. The molecule has 1 aromatic rings. The van der Waals surface area contributed by atoms with Gasteiger partial charge in [-0.3, -0.25) is 4.79 Å². The van der Waals surface area contributed by atoms with Gasteiger partial charge in [0.15, 0.2) is 0 Å². The van der Waals surface area contributed by atoms with Gasteiger partial charge >= 0.3 is 6.03 Å². The van der Waals surface area contributed by atoms with Gasteiger partial charge in [0.2, 0.25) is 5.91 Å². The monoisotopic (exact) mass is 340 g/mol. The molecule has 0 radical (unpaired) electrons. The minimum absolute atomic E-state index is 0. The smallest absolute Gasteiger partial charge is 0.316 e. The molecule has 128 valence electrons. The van der Waals surface area contributed by atoms with Crippen LogP contribution in [0.3, 0.4) is 0 Å². The van der Waals surface area contributed by atoms with Gasteiger partial charge in [0, 0.05) is 18.2 Å². The summed E-state index contributed by atoms with van der Waals surface area (Å²) in [7, 11) is 0. The number of anilines is 1. The highest BCUT2D eigenvalue weighted by Crippen LogP contribution is 2.27. The van der Waals surface area contributed by atoms with Gasteiger partial charge in [0.1, 0.15) is 0 Å². The summed E-state index contributed by atoms with van der Waals surface area (Å²) in [5, 5.41) is 5.50. The Hall–Kier alpha value is -1.79. The standard InChI is InChI=1S/C16H24N4O2.ClH/c1-10(11-5-7-13(8-6-11)20-16(18)22)19-15(21)9-12-3-2-4-14(12)17;/h5-8,10,12,14H,2-4,9,17H2,1H3,(H,19,21)(H3,18,20,22);1H/t10?,12-,14+;/m0./s1. The Labute approximate surface area is 142 Å². The van der Waals surface area contributed by atoms with E-state index in [4.69, 9.17) is 11.5 Å². The van der Waals surface area contributed by atoms with E-state index in [9.17, 15) is 9.59 Å². The zero-order valence-electron chi connectivity index (χ0n) is 13.2. The molecule has 0 heterocycles. The third-order valence-corrected chi connectivity index (χ3v) is 4.22. The van der Waals surface area contributed by atoms with Gasteiger partial charge < -0.3 is 22.1 Å². The molecule has 6 nitrogen and oxygen atoms in total. The molecular weight excluding hydrogens is 316 g/mol. The van der Waals surface area contributed by atoms with E-state index < -0.39 is 6.03 Å². The van der Waals surface area contributed by atoms with Crippen molar-refractivity contribution < 1.29 is 9.59 Å². The minimum atomic E-state index is -0.595. The third kappa shape index (κ3) is 5.73. The predicted octanol–water partition coefficient (Wildman–Crippen LogP) is 2.29. The predicted molar refractivity (Wildman–Crippen MR) is 93.4 cm³/mol. The Morgan fingerprint density at radius 3 is 2.43 bits per heavy atom. The molecule has 1 aliphatic carbocycles. The molecule has 1 fully saturated rings. The molecule has 0 spiro atoms. The number of hydrogen-bond donors (Lipinski definition) is 4. The first-order valence-electron chi connectivity index (χ1n) is 7.67. The lowest BCUT2D eigenvalue weighted by Gasteiger charge is -2.18. The average Bonchev–Trinajstić information content (AvgIpc) is 2.84. The van der Waals surface area contributed by atoms with Crippen LogP contribution in [0, 0.1) is 5.92 Å². The first-order valence-corrected chi connectivity index (χ1v) is 7.67. The number of nitrogens with two attached hydrogens (primary N) is 2. The van der Waals surface area contributed by atoms with E-state index in [2.05, 4.69) is 10.6 Å². The summed E-state index contributed by atoms with van der Waals surface area (Å²) in [6.07, 6.45) is 3.66. The maximum atomic E-state index is 12.1. The molecule has 0 aromatic heterocycles. The van der Waals surface area contributed by atoms with Crippen molar-refractivity contribution >= 4 is 30.0 Å². The number of urea groups is 1. The van der Waals surface area contributed by atoms with E-state index in [0.717, 1.165) is 24.8 Å². The van der Waals surface area contributed by atoms with E-state index in [-0.39, 0.29) is 30.4 Å². The lowest BCUT2D eigenvalue weighted by atomic mass is 9.99. The first kappa shape index (κ1) is 19.3. The number of carbonyl (C=O) groups is 2. The van der Waals surface area contributed by atoms with Crippen LogP contribution in [0.2, 0.25) is 0 Å². The summed E-state index contributed by atoms with van der Waals surface area (Å²) < 4.78 is 0. The molecule has 1 saturated carbocycles. The molecule has 0 aliphatic heterocycles. The fourth-order valence-electron chi connectivity index (χ4n) is 2.94. The third-order valence-electron chi connectivity index (χ3n) is 4.22. The molecule has 23 heavy (non-hydrogen) atoms. The van der Waals surface area contributed by atoms with Crippen molar-refractivity contribution in [2.75, 3.05) is 5.32 Å². The second kappa shape index (κ2) is 8.74. The van der Waals surface area contributed by atoms with Crippen LogP contribution in [-0.4, -0.2) is 18.0 Å². The van der Waals surface area contributed by atoms with Crippen molar-refractivity contribution in [2.45, 2.75) is 44.7 Å². The Kier molecular flexibility index (Phi) is 7.32. The topological polar surface area (TPSA) is 110 Å². The van der Waals surface area contributed by atoms with Crippen LogP contribution in [0.15, 0.2) is 24.3 Å². The number of nitrogens with one attached hydrogen (secondary N) is 2. The minimum Gasteiger partial charge on any atom is -0.351 e. The summed E-state index contributed by atoms with van der Waals surface area (Å²) in [6.45, 7) is 1.93.